The van der Waals surface area contributed by atoms with Crippen LogP contribution < -0.4 is 0 Å². The topological polar surface area (TPSA) is 99.3 Å². The highest BCUT2D eigenvalue weighted by Crippen LogP contribution is 2.33. The quantitative estimate of drug-likeness (QED) is 0.329. The van der Waals surface area contributed by atoms with Gasteiger partial charge in [-0.3, -0.25) is 29.9 Å². The summed E-state index contributed by atoms with van der Waals surface area (Å²) < 4.78 is 0. The first kappa shape index (κ1) is 21.8. The molecule has 182 valence electrons. The molecule has 1 saturated heterocycles. The van der Waals surface area contributed by atoms with Crippen LogP contribution in [0, 0.1) is 0 Å². The third-order valence-electron chi connectivity index (χ3n) is 7.13. The molecule has 0 amide bonds. The summed E-state index contributed by atoms with van der Waals surface area (Å²) in [5.74, 6) is 0. The number of pyridine rings is 4. The lowest BCUT2D eigenvalue weighted by Gasteiger charge is -2.26. The summed E-state index contributed by atoms with van der Waals surface area (Å²) >= 11 is 0. The van der Waals surface area contributed by atoms with Crippen molar-refractivity contribution in [3.05, 3.63) is 79.1 Å². The standard InChI is InChI=1S/C29H26N8/c1-4-8-37(9-5-1)18-19-10-20(14-30-13-19)25-12-22-28(17-33-25)35-36-29(22)26-11-21-23(15-31-16-27(21)34-26)24-6-2-3-7-32-24/h2-3,6-7,10-17,34H,1,4-5,8-9,18H2,(H,35,36). The zero-order chi connectivity index (χ0) is 24.6. The van der Waals surface area contributed by atoms with Crippen LogP contribution >= 0.6 is 0 Å². The number of hydrogen-bond donors (Lipinski definition) is 2. The fourth-order valence-corrected chi connectivity index (χ4v) is 5.27. The number of H-pyrrole nitrogens is 2. The number of aromatic amines is 2. The van der Waals surface area contributed by atoms with Gasteiger partial charge in [0.25, 0.3) is 0 Å². The maximum Gasteiger partial charge on any atom is 0.116 e. The van der Waals surface area contributed by atoms with Crippen LogP contribution in [0.2, 0.25) is 0 Å². The molecular weight excluding hydrogens is 460 g/mol. The lowest BCUT2D eigenvalue weighted by Crippen LogP contribution is -2.29. The van der Waals surface area contributed by atoms with Gasteiger partial charge in [-0.25, -0.2) is 0 Å². The summed E-state index contributed by atoms with van der Waals surface area (Å²) in [4.78, 5) is 24.2. The average Bonchev–Trinajstić information content (AvgIpc) is 3.58. The summed E-state index contributed by atoms with van der Waals surface area (Å²) in [5.41, 5.74) is 8.59. The molecule has 1 aliphatic heterocycles. The van der Waals surface area contributed by atoms with Gasteiger partial charge in [-0.15, -0.1) is 0 Å². The van der Waals surface area contributed by atoms with Crippen LogP contribution in [0.15, 0.2) is 73.6 Å². The van der Waals surface area contributed by atoms with E-state index < -0.39 is 0 Å². The molecule has 0 atom stereocenters. The molecule has 0 spiro atoms. The van der Waals surface area contributed by atoms with Gasteiger partial charge < -0.3 is 4.98 Å². The van der Waals surface area contributed by atoms with E-state index in [0.29, 0.717) is 0 Å². The molecule has 8 nitrogen and oxygen atoms in total. The number of nitrogens with one attached hydrogen (secondary N) is 2. The van der Waals surface area contributed by atoms with Gasteiger partial charge in [0.1, 0.15) is 5.69 Å². The molecular formula is C29H26N8. The van der Waals surface area contributed by atoms with Crippen LogP contribution in [0.5, 0.6) is 0 Å². The van der Waals surface area contributed by atoms with Crippen molar-refractivity contribution in [3.63, 3.8) is 0 Å². The van der Waals surface area contributed by atoms with Crippen LogP contribution in [-0.4, -0.2) is 53.1 Å². The second-order valence-electron chi connectivity index (χ2n) is 9.65. The lowest BCUT2D eigenvalue weighted by atomic mass is 10.1. The van der Waals surface area contributed by atoms with E-state index in [9.17, 15) is 0 Å². The molecule has 0 radical (unpaired) electrons. The Morgan fingerprint density at radius 2 is 1.70 bits per heavy atom. The molecule has 6 aromatic rings. The Hall–Kier alpha value is -4.43. The van der Waals surface area contributed by atoms with Crippen molar-refractivity contribution in [1.29, 1.82) is 0 Å². The maximum atomic E-state index is 4.72. The summed E-state index contributed by atoms with van der Waals surface area (Å²) in [5, 5.41) is 9.84. The molecule has 1 aliphatic rings. The van der Waals surface area contributed by atoms with E-state index in [1.807, 2.05) is 49.2 Å². The minimum Gasteiger partial charge on any atom is -0.352 e. The fraction of sp³-hybridized carbons (Fsp3) is 0.207. The van der Waals surface area contributed by atoms with Crippen LogP contribution in [-0.2, 0) is 6.54 Å². The Balaban J connectivity index is 1.26. The molecule has 7 heterocycles. The Bertz CT molecular complexity index is 1700. The summed E-state index contributed by atoms with van der Waals surface area (Å²) in [6.45, 7) is 3.26. The Morgan fingerprint density at radius 1 is 0.784 bits per heavy atom. The minimum absolute atomic E-state index is 0.847. The van der Waals surface area contributed by atoms with E-state index >= 15 is 0 Å². The van der Waals surface area contributed by atoms with Crippen LogP contribution in [0.4, 0.5) is 0 Å². The molecule has 0 aliphatic carbocycles. The second kappa shape index (κ2) is 9.22. The Labute approximate surface area is 213 Å². The number of aromatic nitrogens is 7. The largest absolute Gasteiger partial charge is 0.352 e. The molecule has 6 aromatic heterocycles. The SMILES string of the molecule is c1ccc(-c2cncc3[nH]c(-c4n[nH]c5cnc(-c6cncc(CN7CCCCC7)c6)cc45)cc23)nc1. The first-order valence-electron chi connectivity index (χ1n) is 12.7. The number of nitrogens with zero attached hydrogens (tertiary/aromatic N) is 6. The van der Waals surface area contributed by atoms with E-state index in [-0.39, 0.29) is 0 Å². The van der Waals surface area contributed by atoms with Gasteiger partial charge in [-0.1, -0.05) is 12.5 Å². The van der Waals surface area contributed by atoms with Crippen molar-refractivity contribution >= 4 is 21.8 Å². The van der Waals surface area contributed by atoms with E-state index in [0.717, 1.165) is 75.3 Å². The second-order valence-corrected chi connectivity index (χ2v) is 9.65. The van der Waals surface area contributed by atoms with Crippen molar-refractivity contribution in [3.8, 4) is 33.9 Å². The summed E-state index contributed by atoms with van der Waals surface area (Å²) in [6, 6.07) is 12.3. The zero-order valence-electron chi connectivity index (χ0n) is 20.4. The van der Waals surface area contributed by atoms with Gasteiger partial charge >= 0.3 is 0 Å². The van der Waals surface area contributed by atoms with E-state index in [2.05, 4.69) is 53.2 Å². The monoisotopic (exact) mass is 486 g/mol. The molecule has 2 N–H and O–H groups in total. The third-order valence-corrected chi connectivity index (χ3v) is 7.13. The first-order chi connectivity index (χ1) is 18.3. The van der Waals surface area contributed by atoms with Gasteiger partial charge in [0.05, 0.1) is 40.5 Å². The molecule has 37 heavy (non-hydrogen) atoms. The van der Waals surface area contributed by atoms with Crippen molar-refractivity contribution in [2.24, 2.45) is 0 Å². The minimum atomic E-state index is 0.847. The van der Waals surface area contributed by atoms with Crippen LogP contribution in [0.3, 0.4) is 0 Å². The third kappa shape index (κ3) is 4.15. The molecule has 0 bridgehead atoms. The summed E-state index contributed by atoms with van der Waals surface area (Å²) in [7, 11) is 0. The van der Waals surface area contributed by atoms with E-state index in [4.69, 9.17) is 4.98 Å². The molecule has 8 heteroatoms. The van der Waals surface area contributed by atoms with E-state index in [1.54, 1.807) is 6.20 Å². The van der Waals surface area contributed by atoms with Gasteiger partial charge in [0, 0.05) is 53.2 Å². The zero-order valence-corrected chi connectivity index (χ0v) is 20.4. The predicted molar refractivity (Wildman–Crippen MR) is 145 cm³/mol. The summed E-state index contributed by atoms with van der Waals surface area (Å²) in [6.07, 6.45) is 15.1. The Morgan fingerprint density at radius 3 is 2.59 bits per heavy atom. The smallest absolute Gasteiger partial charge is 0.116 e. The molecule has 7 rings (SSSR count). The van der Waals surface area contributed by atoms with Crippen LogP contribution in [0.25, 0.3) is 55.7 Å². The normalized spacial score (nSPS) is 14.5. The highest BCUT2D eigenvalue weighted by molar-refractivity contribution is 6.00. The van der Waals surface area contributed by atoms with Gasteiger partial charge in [-0.05, 0) is 61.8 Å². The molecule has 0 aromatic carbocycles. The average molecular weight is 487 g/mol. The highest BCUT2D eigenvalue weighted by Gasteiger charge is 2.16. The number of hydrogen-bond acceptors (Lipinski definition) is 6. The van der Waals surface area contributed by atoms with Crippen molar-refractivity contribution in [2.45, 2.75) is 25.8 Å². The van der Waals surface area contributed by atoms with Crippen molar-refractivity contribution < 1.29 is 0 Å². The molecule has 0 saturated carbocycles. The van der Waals surface area contributed by atoms with Gasteiger partial charge in [0.2, 0.25) is 0 Å². The number of rotatable bonds is 5. The highest BCUT2D eigenvalue weighted by atomic mass is 15.1. The first-order valence-corrected chi connectivity index (χ1v) is 12.7. The van der Waals surface area contributed by atoms with Crippen molar-refractivity contribution in [2.75, 3.05) is 13.1 Å². The lowest BCUT2D eigenvalue weighted by molar-refractivity contribution is 0.220. The number of piperidine rings is 1. The van der Waals surface area contributed by atoms with Gasteiger partial charge in [0.15, 0.2) is 0 Å². The fourth-order valence-electron chi connectivity index (χ4n) is 5.27. The van der Waals surface area contributed by atoms with Crippen molar-refractivity contribution in [1.82, 2.24) is 40.0 Å². The number of fused-ring (bicyclic) bond motifs is 2. The maximum absolute atomic E-state index is 4.72. The molecule has 0 unspecified atom stereocenters. The number of likely N-dealkylation sites (tertiary alicyclic amines) is 1. The predicted octanol–water partition coefficient (Wildman–Crippen LogP) is 5.61. The Kier molecular flexibility index (Phi) is 5.44. The molecule has 1 fully saturated rings. The van der Waals surface area contributed by atoms with Gasteiger partial charge in [-0.2, -0.15) is 5.10 Å². The van der Waals surface area contributed by atoms with E-state index in [1.165, 1.54) is 24.8 Å². The van der Waals surface area contributed by atoms with Crippen LogP contribution in [0.1, 0.15) is 24.8 Å².